The first-order chi connectivity index (χ1) is 7.49. The van der Waals surface area contributed by atoms with Crippen LogP contribution < -0.4 is 10.4 Å². The van der Waals surface area contributed by atoms with Gasteiger partial charge in [-0.25, -0.2) is 0 Å². The van der Waals surface area contributed by atoms with Crippen molar-refractivity contribution in [1.29, 1.82) is 0 Å². The molecule has 4 nitrogen and oxygen atoms in total. The van der Waals surface area contributed by atoms with E-state index >= 15 is 0 Å². The van der Waals surface area contributed by atoms with Crippen LogP contribution in [0.4, 0.5) is 5.69 Å². The highest BCUT2D eigenvalue weighted by Gasteiger charge is 2.01. The summed E-state index contributed by atoms with van der Waals surface area (Å²) in [5, 5.41) is 12.7. The minimum atomic E-state index is -1.39. The molecule has 0 aromatic heterocycles. The highest BCUT2D eigenvalue weighted by atomic mass is 16.4. The number of carbonyl (C=O) groups excluding carboxylic acids is 2. The van der Waals surface area contributed by atoms with Crippen molar-refractivity contribution in [3.8, 4) is 0 Å². The molecule has 0 radical (unpaired) electrons. The molecule has 0 heterocycles. The van der Waals surface area contributed by atoms with E-state index in [2.05, 4.69) is 5.32 Å². The van der Waals surface area contributed by atoms with Crippen LogP contribution >= 0.6 is 0 Å². The highest BCUT2D eigenvalue weighted by molar-refractivity contribution is 6.02. The third-order valence-electron chi connectivity index (χ3n) is 2.02. The minimum Gasteiger partial charge on any atom is -0.545 e. The second-order valence-electron chi connectivity index (χ2n) is 3.46. The molecular weight excluding hydrogens is 206 g/mol. The summed E-state index contributed by atoms with van der Waals surface area (Å²) in [7, 11) is 0. The molecule has 84 valence electrons. The maximum atomic E-state index is 11.3. The van der Waals surface area contributed by atoms with Crippen molar-refractivity contribution in [1.82, 2.24) is 0 Å². The van der Waals surface area contributed by atoms with Crippen LogP contribution in [0.15, 0.2) is 30.4 Å². The fourth-order valence-electron chi connectivity index (χ4n) is 1.19. The molecule has 0 fully saturated rings. The topological polar surface area (TPSA) is 69.2 Å². The van der Waals surface area contributed by atoms with E-state index in [1.807, 2.05) is 32.0 Å². The summed E-state index contributed by atoms with van der Waals surface area (Å²) >= 11 is 0. The number of hydrogen-bond acceptors (Lipinski definition) is 3. The SMILES string of the molecule is Cc1ccc(C)c(NC(=O)/C=C/C(=O)[O-])c1. The molecule has 1 amide bonds. The van der Waals surface area contributed by atoms with Gasteiger partial charge < -0.3 is 15.2 Å². The average molecular weight is 218 g/mol. The Morgan fingerprint density at radius 3 is 2.56 bits per heavy atom. The molecule has 0 aliphatic heterocycles. The van der Waals surface area contributed by atoms with Gasteiger partial charge in [-0.1, -0.05) is 12.1 Å². The number of carbonyl (C=O) groups is 2. The van der Waals surface area contributed by atoms with Crippen LogP contribution in [0.2, 0.25) is 0 Å². The van der Waals surface area contributed by atoms with E-state index in [1.54, 1.807) is 0 Å². The molecule has 1 rings (SSSR count). The van der Waals surface area contributed by atoms with Crippen molar-refractivity contribution in [2.24, 2.45) is 0 Å². The second kappa shape index (κ2) is 5.11. The fourth-order valence-corrected chi connectivity index (χ4v) is 1.19. The standard InChI is InChI=1S/C12H13NO3/c1-8-3-4-9(2)10(7-8)13-11(14)5-6-12(15)16/h3-7H,1-2H3,(H,13,14)(H,15,16)/p-1/b6-5+. The van der Waals surface area contributed by atoms with Crippen molar-refractivity contribution in [2.45, 2.75) is 13.8 Å². The summed E-state index contributed by atoms with van der Waals surface area (Å²) in [5.74, 6) is -1.88. The van der Waals surface area contributed by atoms with E-state index in [0.29, 0.717) is 11.8 Å². The molecule has 4 heteroatoms. The van der Waals surface area contributed by atoms with Crippen molar-refractivity contribution in [3.63, 3.8) is 0 Å². The number of aryl methyl sites for hydroxylation is 2. The van der Waals surface area contributed by atoms with Gasteiger partial charge in [-0.3, -0.25) is 4.79 Å². The fraction of sp³-hybridized carbons (Fsp3) is 0.167. The summed E-state index contributed by atoms with van der Waals surface area (Å²) in [6.45, 7) is 3.77. The van der Waals surface area contributed by atoms with Crippen molar-refractivity contribution >= 4 is 17.6 Å². The summed E-state index contributed by atoms with van der Waals surface area (Å²) in [4.78, 5) is 21.4. The zero-order chi connectivity index (χ0) is 12.1. The Morgan fingerprint density at radius 2 is 1.94 bits per heavy atom. The Labute approximate surface area is 93.6 Å². The van der Waals surface area contributed by atoms with E-state index in [9.17, 15) is 14.7 Å². The lowest BCUT2D eigenvalue weighted by atomic mass is 10.1. The van der Waals surface area contributed by atoms with Crippen molar-refractivity contribution in [2.75, 3.05) is 5.32 Å². The van der Waals surface area contributed by atoms with Crippen LogP contribution in [-0.4, -0.2) is 11.9 Å². The number of aliphatic carboxylic acids is 1. The summed E-state index contributed by atoms with van der Waals surface area (Å²) in [6, 6.07) is 5.63. The number of nitrogens with one attached hydrogen (secondary N) is 1. The third kappa shape index (κ3) is 3.57. The average Bonchev–Trinajstić information content (AvgIpc) is 2.20. The van der Waals surface area contributed by atoms with Gasteiger partial charge >= 0.3 is 0 Å². The number of rotatable bonds is 3. The Kier molecular flexibility index (Phi) is 3.83. The highest BCUT2D eigenvalue weighted by Crippen LogP contribution is 2.16. The van der Waals surface area contributed by atoms with E-state index in [1.165, 1.54) is 0 Å². The van der Waals surface area contributed by atoms with Crippen molar-refractivity contribution in [3.05, 3.63) is 41.5 Å². The van der Waals surface area contributed by atoms with Crippen LogP contribution in [-0.2, 0) is 9.59 Å². The number of hydrogen-bond donors (Lipinski definition) is 1. The Morgan fingerprint density at radius 1 is 1.25 bits per heavy atom. The Balaban J connectivity index is 2.77. The molecule has 0 aliphatic carbocycles. The van der Waals surface area contributed by atoms with Gasteiger partial charge in [0.2, 0.25) is 5.91 Å². The Hall–Kier alpha value is -2.10. The van der Waals surface area contributed by atoms with Crippen LogP contribution in [0.3, 0.4) is 0 Å². The van der Waals surface area contributed by atoms with E-state index in [-0.39, 0.29) is 0 Å². The number of benzene rings is 1. The van der Waals surface area contributed by atoms with Gasteiger partial charge in [-0.05, 0) is 37.1 Å². The molecule has 0 saturated carbocycles. The van der Waals surface area contributed by atoms with Crippen LogP contribution in [0.25, 0.3) is 0 Å². The first-order valence-electron chi connectivity index (χ1n) is 4.76. The molecular formula is C12H12NO3-. The van der Waals surface area contributed by atoms with E-state index < -0.39 is 11.9 Å². The molecule has 0 atom stereocenters. The second-order valence-corrected chi connectivity index (χ2v) is 3.46. The summed E-state index contributed by atoms with van der Waals surface area (Å²) < 4.78 is 0. The van der Waals surface area contributed by atoms with Crippen molar-refractivity contribution < 1.29 is 14.7 Å². The smallest absolute Gasteiger partial charge is 0.248 e. The van der Waals surface area contributed by atoms with Gasteiger partial charge in [0, 0.05) is 11.8 Å². The van der Waals surface area contributed by atoms with Gasteiger partial charge in [0.1, 0.15) is 0 Å². The van der Waals surface area contributed by atoms with Gasteiger partial charge in [0.05, 0.1) is 5.97 Å². The molecule has 0 spiro atoms. The molecule has 1 aromatic rings. The normalized spacial score (nSPS) is 10.4. The molecule has 0 saturated heterocycles. The first kappa shape index (κ1) is 12.0. The molecule has 0 aliphatic rings. The predicted octanol–water partition coefficient (Wildman–Crippen LogP) is 0.548. The lowest BCUT2D eigenvalue weighted by Crippen LogP contribution is -2.20. The number of amides is 1. The van der Waals surface area contributed by atoms with Gasteiger partial charge in [0.25, 0.3) is 0 Å². The maximum Gasteiger partial charge on any atom is 0.248 e. The van der Waals surface area contributed by atoms with E-state index in [4.69, 9.17) is 0 Å². The lowest BCUT2D eigenvalue weighted by molar-refractivity contribution is -0.297. The van der Waals surface area contributed by atoms with Crippen LogP contribution in [0, 0.1) is 13.8 Å². The van der Waals surface area contributed by atoms with Crippen LogP contribution in [0.5, 0.6) is 0 Å². The largest absolute Gasteiger partial charge is 0.545 e. The predicted molar refractivity (Wildman–Crippen MR) is 58.7 cm³/mol. The molecule has 0 unspecified atom stereocenters. The molecule has 0 bridgehead atoms. The minimum absolute atomic E-state index is 0.488. The van der Waals surface area contributed by atoms with Gasteiger partial charge in [0.15, 0.2) is 0 Å². The number of carboxylic acids is 1. The van der Waals surface area contributed by atoms with Crippen LogP contribution in [0.1, 0.15) is 11.1 Å². The zero-order valence-electron chi connectivity index (χ0n) is 9.11. The van der Waals surface area contributed by atoms with Gasteiger partial charge in [-0.2, -0.15) is 0 Å². The number of carboxylic acid groups (broad SMARTS) is 1. The lowest BCUT2D eigenvalue weighted by Gasteiger charge is -2.07. The maximum absolute atomic E-state index is 11.3. The number of anilines is 1. The van der Waals surface area contributed by atoms with E-state index in [0.717, 1.165) is 17.2 Å². The zero-order valence-corrected chi connectivity index (χ0v) is 9.11. The quantitative estimate of drug-likeness (QED) is 0.753. The molecule has 16 heavy (non-hydrogen) atoms. The molecule has 1 aromatic carbocycles. The third-order valence-corrected chi connectivity index (χ3v) is 2.02. The summed E-state index contributed by atoms with van der Waals surface area (Å²) in [5.41, 5.74) is 2.61. The first-order valence-corrected chi connectivity index (χ1v) is 4.76. The Bertz CT molecular complexity index is 450. The summed E-state index contributed by atoms with van der Waals surface area (Å²) in [6.07, 6.45) is 1.62. The monoisotopic (exact) mass is 218 g/mol. The van der Waals surface area contributed by atoms with Gasteiger partial charge in [-0.15, -0.1) is 0 Å². The molecule has 1 N–H and O–H groups in total.